The van der Waals surface area contributed by atoms with Gasteiger partial charge in [-0.2, -0.15) is 4.98 Å². The minimum Gasteiger partial charge on any atom is -0.352 e. The van der Waals surface area contributed by atoms with Crippen molar-refractivity contribution in [1.29, 1.82) is 0 Å². The summed E-state index contributed by atoms with van der Waals surface area (Å²) in [6.45, 7) is 1.74. The van der Waals surface area contributed by atoms with Crippen molar-refractivity contribution in [2.24, 2.45) is 5.73 Å². The van der Waals surface area contributed by atoms with Crippen LogP contribution in [0.3, 0.4) is 0 Å². The van der Waals surface area contributed by atoms with Crippen molar-refractivity contribution in [3.05, 3.63) is 12.3 Å². The highest BCUT2D eigenvalue weighted by molar-refractivity contribution is 5.46. The van der Waals surface area contributed by atoms with E-state index in [2.05, 4.69) is 14.9 Å². The van der Waals surface area contributed by atoms with E-state index < -0.39 is 0 Å². The van der Waals surface area contributed by atoms with Gasteiger partial charge in [-0.3, -0.25) is 0 Å². The Morgan fingerprint density at radius 2 is 2.40 bits per heavy atom. The highest BCUT2D eigenvalue weighted by atomic mass is 15.3. The van der Waals surface area contributed by atoms with Gasteiger partial charge in [0.05, 0.1) is 0 Å². The Labute approximate surface area is 89.9 Å². The fraction of sp³-hybridized carbons (Fsp3) is 0.600. The molecular formula is C10H17N5. The topological polar surface area (TPSA) is 58.3 Å². The van der Waals surface area contributed by atoms with Crippen LogP contribution < -0.4 is 15.5 Å². The van der Waals surface area contributed by atoms with E-state index >= 15 is 0 Å². The third-order valence-corrected chi connectivity index (χ3v) is 2.74. The van der Waals surface area contributed by atoms with Crippen LogP contribution in [0.4, 0.5) is 11.8 Å². The Balaban J connectivity index is 2.18. The molecule has 1 aromatic rings. The van der Waals surface area contributed by atoms with E-state index in [0.29, 0.717) is 12.6 Å². The average Bonchev–Trinajstić information content (AvgIpc) is 2.17. The van der Waals surface area contributed by atoms with E-state index in [1.807, 2.05) is 25.1 Å². The Morgan fingerprint density at radius 3 is 2.93 bits per heavy atom. The Bertz CT molecular complexity index is 336. The lowest BCUT2D eigenvalue weighted by molar-refractivity contribution is 0.451. The molecule has 1 aliphatic heterocycles. The second-order valence-electron chi connectivity index (χ2n) is 3.98. The van der Waals surface area contributed by atoms with E-state index in [1.165, 1.54) is 0 Å². The second kappa shape index (κ2) is 4.02. The highest BCUT2D eigenvalue weighted by Gasteiger charge is 2.27. The van der Waals surface area contributed by atoms with Crippen LogP contribution >= 0.6 is 0 Å². The largest absolute Gasteiger partial charge is 0.352 e. The monoisotopic (exact) mass is 207 g/mol. The summed E-state index contributed by atoms with van der Waals surface area (Å²) >= 11 is 0. The van der Waals surface area contributed by atoms with Gasteiger partial charge in [0.2, 0.25) is 5.95 Å². The van der Waals surface area contributed by atoms with Gasteiger partial charge in [0.15, 0.2) is 0 Å². The van der Waals surface area contributed by atoms with Crippen molar-refractivity contribution in [3.63, 3.8) is 0 Å². The summed E-state index contributed by atoms with van der Waals surface area (Å²) in [7, 11) is 3.88. The first-order chi connectivity index (χ1) is 7.22. The molecule has 1 unspecified atom stereocenters. The number of aromatic nitrogens is 2. The van der Waals surface area contributed by atoms with Crippen LogP contribution in [0.2, 0.25) is 0 Å². The highest BCUT2D eigenvalue weighted by Crippen LogP contribution is 2.24. The van der Waals surface area contributed by atoms with Crippen LogP contribution in [0.25, 0.3) is 0 Å². The smallest absolute Gasteiger partial charge is 0.226 e. The van der Waals surface area contributed by atoms with E-state index in [9.17, 15) is 0 Å². The van der Waals surface area contributed by atoms with Gasteiger partial charge in [0.1, 0.15) is 5.82 Å². The molecule has 2 heterocycles. The molecular weight excluding hydrogens is 190 g/mol. The zero-order valence-electron chi connectivity index (χ0n) is 9.22. The molecule has 0 aromatic carbocycles. The molecule has 1 fully saturated rings. The maximum absolute atomic E-state index is 5.66. The van der Waals surface area contributed by atoms with Gasteiger partial charge in [0, 0.05) is 39.4 Å². The predicted octanol–water partition coefficient (Wildman–Crippen LogP) is 0.0800. The predicted molar refractivity (Wildman–Crippen MR) is 61.2 cm³/mol. The van der Waals surface area contributed by atoms with Gasteiger partial charge < -0.3 is 15.5 Å². The molecule has 0 amide bonds. The molecule has 1 atom stereocenters. The third kappa shape index (κ3) is 1.87. The molecule has 2 N–H and O–H groups in total. The number of hydrogen-bond donors (Lipinski definition) is 1. The molecule has 0 aliphatic carbocycles. The maximum atomic E-state index is 5.66. The summed E-state index contributed by atoms with van der Waals surface area (Å²) in [5, 5.41) is 0. The van der Waals surface area contributed by atoms with Crippen LogP contribution in [-0.2, 0) is 0 Å². The minimum absolute atomic E-state index is 0.454. The van der Waals surface area contributed by atoms with Gasteiger partial charge in [-0.25, -0.2) is 4.98 Å². The zero-order chi connectivity index (χ0) is 10.8. The summed E-state index contributed by atoms with van der Waals surface area (Å²) in [6.07, 6.45) is 2.96. The van der Waals surface area contributed by atoms with Crippen molar-refractivity contribution < 1.29 is 0 Å². The van der Waals surface area contributed by atoms with Crippen molar-refractivity contribution in [1.82, 2.24) is 9.97 Å². The van der Waals surface area contributed by atoms with Gasteiger partial charge in [0.25, 0.3) is 0 Å². The first-order valence-electron chi connectivity index (χ1n) is 5.19. The fourth-order valence-electron chi connectivity index (χ4n) is 1.70. The number of nitrogens with zero attached hydrogens (tertiary/aromatic N) is 4. The molecule has 1 aromatic heterocycles. The Morgan fingerprint density at radius 1 is 1.60 bits per heavy atom. The molecule has 15 heavy (non-hydrogen) atoms. The zero-order valence-corrected chi connectivity index (χ0v) is 9.22. The van der Waals surface area contributed by atoms with Gasteiger partial charge in [-0.1, -0.05) is 0 Å². The SMILES string of the molecule is CN(C)c1nccc(N2CCC2CN)n1. The summed E-state index contributed by atoms with van der Waals surface area (Å²) < 4.78 is 0. The Hall–Kier alpha value is -1.36. The molecule has 82 valence electrons. The lowest BCUT2D eigenvalue weighted by atomic mass is 10.0. The van der Waals surface area contributed by atoms with E-state index in [0.717, 1.165) is 24.7 Å². The van der Waals surface area contributed by atoms with Crippen LogP contribution in [-0.4, -0.2) is 43.2 Å². The molecule has 0 saturated carbocycles. The summed E-state index contributed by atoms with van der Waals surface area (Å²) in [5.41, 5.74) is 5.66. The molecule has 2 rings (SSSR count). The summed E-state index contributed by atoms with van der Waals surface area (Å²) in [5.74, 6) is 1.73. The van der Waals surface area contributed by atoms with E-state index in [4.69, 9.17) is 5.73 Å². The van der Waals surface area contributed by atoms with Crippen LogP contribution in [0.1, 0.15) is 6.42 Å². The molecule has 5 nitrogen and oxygen atoms in total. The fourth-order valence-corrected chi connectivity index (χ4v) is 1.70. The molecule has 5 heteroatoms. The quantitative estimate of drug-likeness (QED) is 0.760. The standard InChI is InChI=1S/C10H17N5/c1-14(2)10-12-5-3-9(13-10)15-6-4-8(15)7-11/h3,5,8H,4,6-7,11H2,1-2H3. The first kappa shape index (κ1) is 10.2. The van der Waals surface area contributed by atoms with Crippen molar-refractivity contribution in [3.8, 4) is 0 Å². The molecule has 0 spiro atoms. The molecule has 1 aliphatic rings. The summed E-state index contributed by atoms with van der Waals surface area (Å²) in [4.78, 5) is 12.8. The minimum atomic E-state index is 0.454. The lowest BCUT2D eigenvalue weighted by Crippen LogP contribution is -2.52. The number of anilines is 2. The lowest BCUT2D eigenvalue weighted by Gasteiger charge is -2.41. The first-order valence-corrected chi connectivity index (χ1v) is 5.19. The van der Waals surface area contributed by atoms with Crippen LogP contribution in [0, 0.1) is 0 Å². The molecule has 0 bridgehead atoms. The van der Waals surface area contributed by atoms with Gasteiger partial charge in [-0.05, 0) is 12.5 Å². The van der Waals surface area contributed by atoms with Crippen LogP contribution in [0.5, 0.6) is 0 Å². The molecule has 1 saturated heterocycles. The normalized spacial score (nSPS) is 19.9. The van der Waals surface area contributed by atoms with Crippen molar-refractivity contribution >= 4 is 11.8 Å². The number of rotatable bonds is 3. The van der Waals surface area contributed by atoms with E-state index in [1.54, 1.807) is 6.20 Å². The van der Waals surface area contributed by atoms with Crippen LogP contribution in [0.15, 0.2) is 12.3 Å². The third-order valence-electron chi connectivity index (χ3n) is 2.74. The molecule has 0 radical (unpaired) electrons. The number of hydrogen-bond acceptors (Lipinski definition) is 5. The Kier molecular flexibility index (Phi) is 2.73. The van der Waals surface area contributed by atoms with Gasteiger partial charge >= 0.3 is 0 Å². The van der Waals surface area contributed by atoms with Crippen molar-refractivity contribution in [2.75, 3.05) is 37.0 Å². The summed E-state index contributed by atoms with van der Waals surface area (Å²) in [6, 6.07) is 2.39. The second-order valence-corrected chi connectivity index (χ2v) is 3.98. The maximum Gasteiger partial charge on any atom is 0.226 e. The van der Waals surface area contributed by atoms with Gasteiger partial charge in [-0.15, -0.1) is 0 Å². The van der Waals surface area contributed by atoms with E-state index in [-0.39, 0.29) is 0 Å². The average molecular weight is 207 g/mol. The number of nitrogens with two attached hydrogens (primary N) is 1. The van der Waals surface area contributed by atoms with Crippen molar-refractivity contribution in [2.45, 2.75) is 12.5 Å².